The second-order valence-corrected chi connectivity index (χ2v) is 7.36. The second kappa shape index (κ2) is 7.88. The van der Waals surface area contributed by atoms with E-state index in [1.807, 2.05) is 51.1 Å². The SMILES string of the molecule is CCC(C(=O)N1CCOCC1)N1C=C(C)c2c(nn(-c3ccccc3)c2C)N1[O-]. The van der Waals surface area contributed by atoms with E-state index in [1.54, 1.807) is 15.8 Å². The second-order valence-electron chi connectivity index (χ2n) is 7.36. The summed E-state index contributed by atoms with van der Waals surface area (Å²) in [5.74, 6) is 0.267. The van der Waals surface area contributed by atoms with Crippen LogP contribution in [0.5, 0.6) is 0 Å². The molecule has 29 heavy (non-hydrogen) atoms. The van der Waals surface area contributed by atoms with Crippen LogP contribution in [0.15, 0.2) is 36.5 Å². The minimum absolute atomic E-state index is 0.0524. The largest absolute Gasteiger partial charge is 0.737 e. The minimum atomic E-state index is -0.573. The Morgan fingerprint density at radius 2 is 1.90 bits per heavy atom. The first kappa shape index (κ1) is 19.5. The highest BCUT2D eigenvalue weighted by molar-refractivity contribution is 5.84. The zero-order chi connectivity index (χ0) is 20.5. The summed E-state index contributed by atoms with van der Waals surface area (Å²) in [6.07, 6.45) is 2.29. The standard InChI is InChI=1S/C21H26N5O3/c1-4-18(21(27)23-10-12-29-13-11-23)24-14-15(2)19-16(3)25(22-20(19)26(24)28)17-8-6-5-7-9-17/h5-9,14,18H,4,10-13H2,1-3H3/q-1. The van der Waals surface area contributed by atoms with Gasteiger partial charge >= 0.3 is 0 Å². The predicted octanol–water partition coefficient (Wildman–Crippen LogP) is 2.71. The van der Waals surface area contributed by atoms with E-state index in [0.29, 0.717) is 38.5 Å². The fraction of sp³-hybridized carbons (Fsp3) is 0.429. The molecule has 8 nitrogen and oxygen atoms in total. The molecule has 1 saturated heterocycles. The van der Waals surface area contributed by atoms with Crippen molar-refractivity contribution in [2.45, 2.75) is 33.2 Å². The Hall–Kier alpha value is -2.84. The summed E-state index contributed by atoms with van der Waals surface area (Å²) in [7, 11) is 0. The number of aromatic nitrogens is 2. The fourth-order valence-corrected chi connectivity index (χ4v) is 4.01. The summed E-state index contributed by atoms with van der Waals surface area (Å²) in [5.41, 5.74) is 3.52. The Kier molecular flexibility index (Phi) is 5.29. The zero-order valence-corrected chi connectivity index (χ0v) is 17.0. The Balaban J connectivity index is 1.68. The van der Waals surface area contributed by atoms with Crippen LogP contribution in [0.4, 0.5) is 5.82 Å². The molecular weight excluding hydrogens is 370 g/mol. The van der Waals surface area contributed by atoms with E-state index < -0.39 is 6.04 Å². The summed E-state index contributed by atoms with van der Waals surface area (Å²) in [6.45, 7) is 8.00. The van der Waals surface area contributed by atoms with Crippen LogP contribution >= 0.6 is 0 Å². The van der Waals surface area contributed by atoms with E-state index in [-0.39, 0.29) is 5.91 Å². The van der Waals surface area contributed by atoms with Crippen molar-refractivity contribution in [2.24, 2.45) is 0 Å². The van der Waals surface area contributed by atoms with Gasteiger partial charge in [-0.15, -0.1) is 5.10 Å². The van der Waals surface area contributed by atoms with Gasteiger partial charge in [0.1, 0.15) is 6.04 Å². The van der Waals surface area contributed by atoms with Crippen LogP contribution in [-0.2, 0) is 9.53 Å². The first-order valence-corrected chi connectivity index (χ1v) is 9.98. The molecule has 1 unspecified atom stereocenters. The average molecular weight is 396 g/mol. The van der Waals surface area contributed by atoms with Crippen molar-refractivity contribution in [3.8, 4) is 5.69 Å². The molecule has 0 bridgehead atoms. The molecule has 154 valence electrons. The zero-order valence-electron chi connectivity index (χ0n) is 17.0. The van der Waals surface area contributed by atoms with Gasteiger partial charge in [0.05, 0.1) is 24.6 Å². The Morgan fingerprint density at radius 1 is 1.21 bits per heavy atom. The van der Waals surface area contributed by atoms with E-state index in [1.165, 1.54) is 5.01 Å². The lowest BCUT2D eigenvalue weighted by Gasteiger charge is -2.47. The van der Waals surface area contributed by atoms with Gasteiger partial charge in [-0.3, -0.25) is 9.80 Å². The number of amides is 1. The van der Waals surface area contributed by atoms with Gasteiger partial charge in [-0.25, -0.2) is 4.68 Å². The molecular formula is C21H26N5O3-. The van der Waals surface area contributed by atoms with Gasteiger partial charge in [0.25, 0.3) is 0 Å². The Morgan fingerprint density at radius 3 is 2.55 bits per heavy atom. The summed E-state index contributed by atoms with van der Waals surface area (Å²) in [5, 5.41) is 20.1. The number of carbonyl (C=O) groups is 1. The summed E-state index contributed by atoms with van der Waals surface area (Å²) < 4.78 is 7.13. The maximum absolute atomic E-state index is 13.3. The molecule has 1 aromatic carbocycles. The van der Waals surface area contributed by atoms with Gasteiger partial charge in [-0.1, -0.05) is 25.1 Å². The average Bonchev–Trinajstić information content (AvgIpc) is 3.11. The number of benzene rings is 1. The predicted molar refractivity (Wildman–Crippen MR) is 111 cm³/mol. The van der Waals surface area contributed by atoms with Crippen molar-refractivity contribution in [1.29, 1.82) is 0 Å². The van der Waals surface area contributed by atoms with E-state index in [2.05, 4.69) is 5.10 Å². The molecule has 1 amide bonds. The van der Waals surface area contributed by atoms with Gasteiger partial charge < -0.3 is 20.0 Å². The number of rotatable bonds is 4. The Bertz CT molecular complexity index is 918. The number of anilines is 1. The third kappa shape index (κ3) is 3.38. The van der Waals surface area contributed by atoms with E-state index in [4.69, 9.17) is 4.74 Å². The lowest BCUT2D eigenvalue weighted by atomic mass is 10.1. The number of ether oxygens (including phenoxy) is 1. The smallest absolute Gasteiger partial charge is 0.247 e. The number of carbonyl (C=O) groups excluding carboxylic acids is 1. The lowest BCUT2D eigenvalue weighted by molar-refractivity contribution is -0.140. The molecule has 0 spiro atoms. The minimum Gasteiger partial charge on any atom is -0.737 e. The number of allylic oxidation sites excluding steroid dienone is 1. The van der Waals surface area contributed by atoms with Gasteiger partial charge in [0.15, 0.2) is 5.82 Å². The molecule has 4 rings (SSSR count). The molecule has 0 aliphatic carbocycles. The number of fused-ring (bicyclic) bond motifs is 1. The van der Waals surface area contributed by atoms with Crippen LogP contribution in [0.25, 0.3) is 11.3 Å². The first-order valence-electron chi connectivity index (χ1n) is 9.98. The van der Waals surface area contributed by atoms with Gasteiger partial charge in [0.2, 0.25) is 5.91 Å². The molecule has 2 aliphatic rings. The third-order valence-corrected chi connectivity index (χ3v) is 5.52. The number of nitrogens with zero attached hydrogens (tertiary/aromatic N) is 5. The highest BCUT2D eigenvalue weighted by Crippen LogP contribution is 2.37. The summed E-state index contributed by atoms with van der Waals surface area (Å²) >= 11 is 0. The Labute approximate surface area is 170 Å². The van der Waals surface area contributed by atoms with E-state index in [9.17, 15) is 10.0 Å². The number of para-hydroxylation sites is 1. The van der Waals surface area contributed by atoms with Crippen LogP contribution in [-0.4, -0.2) is 57.9 Å². The van der Waals surface area contributed by atoms with Crippen LogP contribution in [0.3, 0.4) is 0 Å². The lowest BCUT2D eigenvalue weighted by Crippen LogP contribution is -2.54. The summed E-state index contributed by atoms with van der Waals surface area (Å²) in [4.78, 5) is 14.9. The molecule has 8 heteroatoms. The van der Waals surface area contributed by atoms with Crippen molar-refractivity contribution in [1.82, 2.24) is 19.7 Å². The number of hydrogen-bond acceptors (Lipinski definition) is 6. The van der Waals surface area contributed by atoms with Crippen LogP contribution in [0.2, 0.25) is 0 Å². The van der Waals surface area contributed by atoms with Crippen LogP contribution < -0.4 is 5.17 Å². The van der Waals surface area contributed by atoms with Gasteiger partial charge in [-0.05, 0) is 38.0 Å². The van der Waals surface area contributed by atoms with E-state index >= 15 is 0 Å². The van der Waals surface area contributed by atoms with Crippen LogP contribution in [0.1, 0.15) is 31.5 Å². The number of hydrogen-bond donors (Lipinski definition) is 0. The number of hydrazine groups is 1. The highest BCUT2D eigenvalue weighted by atomic mass is 16.6. The van der Waals surface area contributed by atoms with Gasteiger partial charge in [0, 0.05) is 24.9 Å². The summed E-state index contributed by atoms with van der Waals surface area (Å²) in [6, 6.07) is 9.15. The maximum atomic E-state index is 13.3. The topological polar surface area (TPSA) is 76.9 Å². The highest BCUT2D eigenvalue weighted by Gasteiger charge is 2.33. The van der Waals surface area contributed by atoms with Gasteiger partial charge in [-0.2, -0.15) is 0 Å². The molecule has 0 N–H and O–H groups in total. The van der Waals surface area contributed by atoms with Crippen molar-refractivity contribution in [3.05, 3.63) is 53.0 Å². The van der Waals surface area contributed by atoms with Crippen molar-refractivity contribution in [3.63, 3.8) is 0 Å². The molecule has 2 aliphatic heterocycles. The monoisotopic (exact) mass is 396 g/mol. The third-order valence-electron chi connectivity index (χ3n) is 5.52. The van der Waals surface area contributed by atoms with E-state index in [0.717, 1.165) is 27.7 Å². The van der Waals surface area contributed by atoms with Crippen molar-refractivity contribution < 1.29 is 9.53 Å². The first-order chi connectivity index (χ1) is 14.0. The van der Waals surface area contributed by atoms with Crippen LogP contribution in [0, 0.1) is 12.1 Å². The molecule has 1 fully saturated rings. The molecule has 1 atom stereocenters. The number of morpholine rings is 1. The normalized spacial score (nSPS) is 17.8. The fourth-order valence-electron chi connectivity index (χ4n) is 4.01. The molecule has 2 aromatic rings. The molecule has 3 heterocycles. The molecule has 0 saturated carbocycles. The van der Waals surface area contributed by atoms with Crippen molar-refractivity contribution >= 4 is 17.3 Å². The molecule has 1 aromatic heterocycles. The van der Waals surface area contributed by atoms with Crippen molar-refractivity contribution in [2.75, 3.05) is 31.5 Å². The quantitative estimate of drug-likeness (QED) is 0.791. The molecule has 0 radical (unpaired) electrons. The maximum Gasteiger partial charge on any atom is 0.247 e.